The van der Waals surface area contributed by atoms with Crippen LogP contribution in [0.2, 0.25) is 0 Å². The maximum atomic E-state index is 12.6. The Bertz CT molecular complexity index is 783. The van der Waals surface area contributed by atoms with E-state index in [1.807, 2.05) is 0 Å². The van der Waals surface area contributed by atoms with Crippen molar-refractivity contribution in [2.45, 2.75) is 56.8 Å². The Kier molecular flexibility index (Phi) is 12.5. The number of guanidine groups is 1. The van der Waals surface area contributed by atoms with Gasteiger partial charge in [-0.2, -0.15) is 0 Å². The van der Waals surface area contributed by atoms with Gasteiger partial charge in [-0.25, -0.2) is 4.79 Å². The summed E-state index contributed by atoms with van der Waals surface area (Å²) < 4.78 is 0. The highest BCUT2D eigenvalue weighted by molar-refractivity contribution is 5.95. The van der Waals surface area contributed by atoms with Crippen LogP contribution in [0.1, 0.15) is 32.6 Å². The van der Waals surface area contributed by atoms with E-state index in [2.05, 4.69) is 20.9 Å². The van der Waals surface area contributed by atoms with Gasteiger partial charge in [-0.15, -0.1) is 0 Å². The number of hydrogen-bond acceptors (Lipinski definition) is 8. The molecule has 4 atom stereocenters. The third kappa shape index (κ3) is 12.5. The van der Waals surface area contributed by atoms with Crippen molar-refractivity contribution in [2.75, 3.05) is 6.54 Å². The standard InChI is InChI=1S/C17H31N9O7/c1-7(13(29)26-10(16(32)33)6-12(20)28)24-15(31)9(3-2-4-23-17(21)22)25-14(30)8(18)5-11(19)27/h7-10H,2-6,18H2,1H3,(H2,19,27)(H2,20,28)(H,24,31)(H,25,30)(H,26,29)(H,32,33)(H4,21,22,23). The summed E-state index contributed by atoms with van der Waals surface area (Å²) in [6.45, 7) is 1.40. The number of nitrogens with two attached hydrogens (primary N) is 5. The summed E-state index contributed by atoms with van der Waals surface area (Å²) in [6.07, 6.45) is -0.820. The summed E-state index contributed by atoms with van der Waals surface area (Å²) in [5, 5.41) is 15.8. The highest BCUT2D eigenvalue weighted by atomic mass is 16.4. The summed E-state index contributed by atoms with van der Waals surface area (Å²) in [5.41, 5.74) is 26.0. The van der Waals surface area contributed by atoms with E-state index in [1.165, 1.54) is 6.92 Å². The van der Waals surface area contributed by atoms with Crippen molar-refractivity contribution in [1.29, 1.82) is 0 Å². The van der Waals surface area contributed by atoms with Crippen LogP contribution in [0.3, 0.4) is 0 Å². The molecule has 0 radical (unpaired) electrons. The molecule has 0 aromatic rings. The minimum Gasteiger partial charge on any atom is -0.480 e. The van der Waals surface area contributed by atoms with Gasteiger partial charge in [0.2, 0.25) is 29.5 Å². The zero-order valence-corrected chi connectivity index (χ0v) is 18.1. The summed E-state index contributed by atoms with van der Waals surface area (Å²) in [6, 6.07) is -5.33. The van der Waals surface area contributed by atoms with Crippen molar-refractivity contribution in [3.63, 3.8) is 0 Å². The molecular weight excluding hydrogens is 442 g/mol. The lowest BCUT2D eigenvalue weighted by molar-refractivity contribution is -0.143. The van der Waals surface area contributed by atoms with Crippen LogP contribution >= 0.6 is 0 Å². The fourth-order valence-corrected chi connectivity index (χ4v) is 2.44. The van der Waals surface area contributed by atoms with Gasteiger partial charge in [0.15, 0.2) is 5.96 Å². The topological polar surface area (TPSA) is 301 Å². The fourth-order valence-electron chi connectivity index (χ4n) is 2.44. The van der Waals surface area contributed by atoms with Crippen LogP contribution in [0.5, 0.6) is 0 Å². The van der Waals surface area contributed by atoms with E-state index < -0.39 is 72.5 Å². The van der Waals surface area contributed by atoms with Crippen molar-refractivity contribution >= 4 is 41.5 Å². The van der Waals surface area contributed by atoms with Gasteiger partial charge in [0.1, 0.15) is 18.1 Å². The lowest BCUT2D eigenvalue weighted by Crippen LogP contribution is -2.56. The summed E-state index contributed by atoms with van der Waals surface area (Å²) >= 11 is 0. The van der Waals surface area contributed by atoms with E-state index in [0.29, 0.717) is 0 Å². The van der Waals surface area contributed by atoms with Gasteiger partial charge < -0.3 is 49.7 Å². The molecule has 0 bridgehead atoms. The molecule has 0 saturated heterocycles. The average Bonchev–Trinajstić information content (AvgIpc) is 2.68. The van der Waals surface area contributed by atoms with Gasteiger partial charge in [-0.3, -0.25) is 29.0 Å². The summed E-state index contributed by atoms with van der Waals surface area (Å²) in [4.78, 5) is 73.9. The molecule has 186 valence electrons. The van der Waals surface area contributed by atoms with Crippen molar-refractivity contribution in [3.05, 3.63) is 0 Å². The van der Waals surface area contributed by atoms with E-state index in [9.17, 15) is 28.8 Å². The SMILES string of the molecule is CC(NC(=O)C(CCCN=C(N)N)NC(=O)C(N)CC(N)=O)C(=O)NC(CC(N)=O)C(=O)O. The molecule has 0 fully saturated rings. The van der Waals surface area contributed by atoms with Gasteiger partial charge >= 0.3 is 5.97 Å². The number of amides is 5. The maximum absolute atomic E-state index is 12.6. The third-order valence-corrected chi connectivity index (χ3v) is 4.11. The second kappa shape index (κ2) is 14.2. The Hall–Kier alpha value is -3.95. The third-order valence-electron chi connectivity index (χ3n) is 4.11. The number of rotatable bonds is 15. The first-order valence-electron chi connectivity index (χ1n) is 9.76. The first-order chi connectivity index (χ1) is 15.2. The van der Waals surface area contributed by atoms with Crippen molar-refractivity contribution in [1.82, 2.24) is 16.0 Å². The van der Waals surface area contributed by atoms with Crippen LogP contribution < -0.4 is 44.6 Å². The number of carbonyl (C=O) groups is 6. The summed E-state index contributed by atoms with van der Waals surface area (Å²) in [5.74, 6) is -5.97. The van der Waals surface area contributed by atoms with Crippen LogP contribution in [-0.4, -0.2) is 77.3 Å². The highest BCUT2D eigenvalue weighted by Crippen LogP contribution is 2.02. The number of aliphatic imine (C=N–C) groups is 1. The predicted molar refractivity (Wildman–Crippen MR) is 115 cm³/mol. The Morgan fingerprint density at radius 2 is 1.36 bits per heavy atom. The molecule has 0 saturated carbocycles. The van der Waals surface area contributed by atoms with Crippen molar-refractivity contribution in [3.8, 4) is 0 Å². The Labute approximate surface area is 189 Å². The van der Waals surface area contributed by atoms with Crippen LogP contribution in [0, 0.1) is 0 Å². The predicted octanol–water partition coefficient (Wildman–Crippen LogP) is -5.32. The molecule has 16 nitrogen and oxygen atoms in total. The minimum absolute atomic E-state index is 0.0331. The van der Waals surface area contributed by atoms with Gasteiger partial charge in [0.25, 0.3) is 0 Å². The Morgan fingerprint density at radius 1 is 0.818 bits per heavy atom. The zero-order chi connectivity index (χ0) is 25.7. The lowest BCUT2D eigenvalue weighted by Gasteiger charge is -2.23. The number of aliphatic carboxylic acids is 1. The molecule has 16 heteroatoms. The Morgan fingerprint density at radius 3 is 1.85 bits per heavy atom. The number of carbonyl (C=O) groups excluding carboxylic acids is 5. The van der Waals surface area contributed by atoms with Crippen LogP contribution in [0.4, 0.5) is 0 Å². The molecule has 0 rings (SSSR count). The van der Waals surface area contributed by atoms with E-state index >= 15 is 0 Å². The molecule has 0 aliphatic rings. The van der Waals surface area contributed by atoms with E-state index in [1.54, 1.807) is 0 Å². The molecule has 0 aromatic heterocycles. The van der Waals surface area contributed by atoms with Crippen molar-refractivity contribution < 1.29 is 33.9 Å². The highest BCUT2D eigenvalue weighted by Gasteiger charge is 2.29. The van der Waals surface area contributed by atoms with E-state index in [0.717, 1.165) is 0 Å². The Balaban J connectivity index is 5.22. The normalized spacial score (nSPS) is 14.0. The second-order valence-corrected chi connectivity index (χ2v) is 7.09. The number of hydrogen-bond donors (Lipinski definition) is 9. The van der Waals surface area contributed by atoms with Gasteiger partial charge in [0, 0.05) is 6.54 Å². The van der Waals surface area contributed by atoms with Crippen LogP contribution in [0.15, 0.2) is 4.99 Å². The van der Waals surface area contributed by atoms with Crippen LogP contribution in [-0.2, 0) is 28.8 Å². The molecule has 14 N–H and O–H groups in total. The van der Waals surface area contributed by atoms with E-state index in [4.69, 9.17) is 33.8 Å². The van der Waals surface area contributed by atoms with E-state index in [-0.39, 0.29) is 25.3 Å². The molecule has 0 aliphatic heterocycles. The number of nitrogens with one attached hydrogen (secondary N) is 3. The quantitative estimate of drug-likeness (QED) is 0.0617. The number of carboxylic acid groups (broad SMARTS) is 1. The van der Waals surface area contributed by atoms with Crippen LogP contribution in [0.25, 0.3) is 0 Å². The molecule has 0 spiro atoms. The fraction of sp³-hybridized carbons (Fsp3) is 0.588. The van der Waals surface area contributed by atoms with Crippen molar-refractivity contribution in [2.24, 2.45) is 33.7 Å². The monoisotopic (exact) mass is 473 g/mol. The molecule has 4 unspecified atom stereocenters. The molecule has 0 heterocycles. The number of carboxylic acids is 1. The lowest BCUT2D eigenvalue weighted by atomic mass is 10.1. The van der Waals surface area contributed by atoms with Gasteiger partial charge in [0.05, 0.1) is 18.9 Å². The second-order valence-electron chi connectivity index (χ2n) is 7.09. The number of nitrogens with zero attached hydrogens (tertiary/aromatic N) is 1. The minimum atomic E-state index is -1.59. The molecule has 0 aromatic carbocycles. The average molecular weight is 473 g/mol. The molecule has 0 aliphatic carbocycles. The largest absolute Gasteiger partial charge is 0.480 e. The van der Waals surface area contributed by atoms with Gasteiger partial charge in [-0.1, -0.05) is 0 Å². The first-order valence-corrected chi connectivity index (χ1v) is 9.76. The molecule has 33 heavy (non-hydrogen) atoms. The smallest absolute Gasteiger partial charge is 0.326 e. The first kappa shape index (κ1) is 29.0. The zero-order valence-electron chi connectivity index (χ0n) is 18.1. The molecule has 5 amide bonds. The molecular formula is C17H31N9O7. The summed E-state index contributed by atoms with van der Waals surface area (Å²) in [7, 11) is 0. The maximum Gasteiger partial charge on any atom is 0.326 e. The van der Waals surface area contributed by atoms with Gasteiger partial charge in [-0.05, 0) is 19.8 Å². The number of primary amides is 2.